The first-order valence-electron chi connectivity index (χ1n) is 6.07. The van der Waals surface area contributed by atoms with Gasteiger partial charge in [0.1, 0.15) is 11.5 Å². The summed E-state index contributed by atoms with van der Waals surface area (Å²) < 4.78 is 5.21. The van der Waals surface area contributed by atoms with Gasteiger partial charge in [-0.25, -0.2) is 0 Å². The number of amides is 1. The van der Waals surface area contributed by atoms with E-state index in [0.717, 1.165) is 16.9 Å². The summed E-state index contributed by atoms with van der Waals surface area (Å²) in [6, 6.07) is 6.84. The SMILES string of the molecule is Cc1ccc(O)c(C(=O)N(C)Cc2ccoc2C)c1. The monoisotopic (exact) mass is 259 g/mol. The van der Waals surface area contributed by atoms with Crippen LogP contribution in [0.4, 0.5) is 0 Å². The van der Waals surface area contributed by atoms with Gasteiger partial charge in [0.05, 0.1) is 11.8 Å². The minimum absolute atomic E-state index is 0.00589. The molecule has 100 valence electrons. The number of nitrogens with zero attached hydrogens (tertiary/aromatic N) is 1. The van der Waals surface area contributed by atoms with E-state index in [1.165, 1.54) is 0 Å². The quantitative estimate of drug-likeness (QED) is 0.922. The number of carbonyl (C=O) groups is 1. The summed E-state index contributed by atoms with van der Waals surface area (Å²) in [7, 11) is 1.70. The van der Waals surface area contributed by atoms with Gasteiger partial charge in [-0.15, -0.1) is 0 Å². The lowest BCUT2D eigenvalue weighted by Crippen LogP contribution is -2.26. The molecule has 1 N–H and O–H groups in total. The Morgan fingerprint density at radius 3 is 2.68 bits per heavy atom. The smallest absolute Gasteiger partial charge is 0.257 e. The van der Waals surface area contributed by atoms with Gasteiger partial charge in [-0.05, 0) is 32.0 Å². The summed E-state index contributed by atoms with van der Waals surface area (Å²) in [5.41, 5.74) is 2.22. The summed E-state index contributed by atoms with van der Waals surface area (Å²) >= 11 is 0. The van der Waals surface area contributed by atoms with Crippen LogP contribution in [0.1, 0.15) is 27.2 Å². The fourth-order valence-electron chi connectivity index (χ4n) is 1.93. The molecule has 0 fully saturated rings. The van der Waals surface area contributed by atoms with Crippen LogP contribution in [-0.2, 0) is 6.54 Å². The molecule has 1 heterocycles. The molecule has 0 spiro atoms. The van der Waals surface area contributed by atoms with Gasteiger partial charge in [0.15, 0.2) is 0 Å². The lowest BCUT2D eigenvalue weighted by atomic mass is 10.1. The highest BCUT2D eigenvalue weighted by Crippen LogP contribution is 2.21. The summed E-state index contributed by atoms with van der Waals surface area (Å²) in [5.74, 6) is 0.598. The van der Waals surface area contributed by atoms with Crippen molar-refractivity contribution < 1.29 is 14.3 Å². The van der Waals surface area contributed by atoms with E-state index in [4.69, 9.17) is 4.42 Å². The zero-order chi connectivity index (χ0) is 14.0. The number of hydrogen-bond acceptors (Lipinski definition) is 3. The van der Waals surface area contributed by atoms with Crippen molar-refractivity contribution in [2.45, 2.75) is 20.4 Å². The molecule has 0 saturated heterocycles. The minimum atomic E-state index is -0.207. The number of carbonyl (C=O) groups excluding carboxylic acids is 1. The van der Waals surface area contributed by atoms with Crippen molar-refractivity contribution in [3.05, 3.63) is 53.0 Å². The van der Waals surface area contributed by atoms with E-state index in [9.17, 15) is 9.90 Å². The fourth-order valence-corrected chi connectivity index (χ4v) is 1.93. The van der Waals surface area contributed by atoms with Gasteiger partial charge >= 0.3 is 0 Å². The third-order valence-electron chi connectivity index (χ3n) is 3.10. The van der Waals surface area contributed by atoms with Gasteiger partial charge in [-0.2, -0.15) is 0 Å². The summed E-state index contributed by atoms with van der Waals surface area (Å²) in [5, 5.41) is 9.77. The molecule has 4 heteroatoms. The Kier molecular flexibility index (Phi) is 3.60. The molecule has 0 aliphatic carbocycles. The molecule has 1 amide bonds. The Labute approximate surface area is 112 Å². The molecule has 2 aromatic rings. The van der Waals surface area contributed by atoms with E-state index < -0.39 is 0 Å². The second kappa shape index (κ2) is 5.18. The molecular weight excluding hydrogens is 242 g/mol. The first kappa shape index (κ1) is 13.2. The number of aryl methyl sites for hydroxylation is 2. The standard InChI is InChI=1S/C15H17NO3/c1-10-4-5-14(17)13(8-10)15(18)16(3)9-12-6-7-19-11(12)2/h4-8,17H,9H2,1-3H3. The number of phenolic OH excluding ortho intramolecular Hbond substituents is 1. The predicted octanol–water partition coefficient (Wildman–Crippen LogP) is 2.87. The third kappa shape index (κ3) is 2.78. The Morgan fingerprint density at radius 2 is 2.05 bits per heavy atom. The van der Waals surface area contributed by atoms with Crippen molar-refractivity contribution in [2.75, 3.05) is 7.05 Å². The van der Waals surface area contributed by atoms with Crippen molar-refractivity contribution in [1.82, 2.24) is 4.90 Å². The van der Waals surface area contributed by atoms with E-state index in [0.29, 0.717) is 12.1 Å². The lowest BCUT2D eigenvalue weighted by Gasteiger charge is -2.17. The van der Waals surface area contributed by atoms with Crippen molar-refractivity contribution in [3.8, 4) is 5.75 Å². The number of benzene rings is 1. The predicted molar refractivity (Wildman–Crippen MR) is 72.1 cm³/mol. The lowest BCUT2D eigenvalue weighted by molar-refractivity contribution is 0.0781. The molecule has 0 aliphatic rings. The number of furan rings is 1. The van der Waals surface area contributed by atoms with Crippen LogP contribution in [-0.4, -0.2) is 23.0 Å². The van der Waals surface area contributed by atoms with Crippen LogP contribution in [0.5, 0.6) is 5.75 Å². The first-order valence-corrected chi connectivity index (χ1v) is 6.07. The van der Waals surface area contributed by atoms with E-state index in [1.54, 1.807) is 36.4 Å². The molecule has 4 nitrogen and oxygen atoms in total. The Balaban J connectivity index is 2.19. The van der Waals surface area contributed by atoms with Crippen molar-refractivity contribution in [1.29, 1.82) is 0 Å². The molecule has 1 aromatic carbocycles. The van der Waals surface area contributed by atoms with E-state index >= 15 is 0 Å². The van der Waals surface area contributed by atoms with E-state index in [1.807, 2.05) is 19.9 Å². The van der Waals surface area contributed by atoms with Crippen LogP contribution >= 0.6 is 0 Å². The third-order valence-corrected chi connectivity index (χ3v) is 3.10. The van der Waals surface area contributed by atoms with E-state index in [-0.39, 0.29) is 11.7 Å². The molecule has 0 saturated carbocycles. The molecule has 0 radical (unpaired) electrons. The van der Waals surface area contributed by atoms with Crippen molar-refractivity contribution in [2.24, 2.45) is 0 Å². The van der Waals surface area contributed by atoms with Crippen LogP contribution in [0.15, 0.2) is 34.9 Å². The molecule has 0 atom stereocenters. The number of rotatable bonds is 3. The highest BCUT2D eigenvalue weighted by atomic mass is 16.3. The van der Waals surface area contributed by atoms with Crippen molar-refractivity contribution in [3.63, 3.8) is 0 Å². The van der Waals surface area contributed by atoms with Gasteiger partial charge in [0.2, 0.25) is 0 Å². The van der Waals surface area contributed by atoms with Gasteiger partial charge in [-0.3, -0.25) is 4.79 Å². The average molecular weight is 259 g/mol. The second-order valence-corrected chi connectivity index (χ2v) is 4.68. The van der Waals surface area contributed by atoms with Crippen LogP contribution in [0.3, 0.4) is 0 Å². The van der Waals surface area contributed by atoms with Crippen LogP contribution in [0.25, 0.3) is 0 Å². The minimum Gasteiger partial charge on any atom is -0.507 e. The average Bonchev–Trinajstić information content (AvgIpc) is 2.77. The maximum atomic E-state index is 12.3. The fraction of sp³-hybridized carbons (Fsp3) is 0.267. The molecule has 2 rings (SSSR count). The van der Waals surface area contributed by atoms with Gasteiger partial charge in [0, 0.05) is 19.2 Å². The maximum absolute atomic E-state index is 12.3. The maximum Gasteiger partial charge on any atom is 0.257 e. The summed E-state index contributed by atoms with van der Waals surface area (Å²) in [6.07, 6.45) is 1.60. The molecule has 1 aromatic heterocycles. The highest BCUT2D eigenvalue weighted by Gasteiger charge is 2.17. The number of phenols is 1. The Hall–Kier alpha value is -2.23. The first-order chi connectivity index (χ1) is 8.99. The Bertz CT molecular complexity index is 601. The molecule has 0 unspecified atom stereocenters. The number of aromatic hydroxyl groups is 1. The van der Waals surface area contributed by atoms with E-state index in [2.05, 4.69) is 0 Å². The summed E-state index contributed by atoms with van der Waals surface area (Å²) in [4.78, 5) is 13.9. The molecule has 19 heavy (non-hydrogen) atoms. The summed E-state index contributed by atoms with van der Waals surface area (Å²) in [6.45, 7) is 4.20. The van der Waals surface area contributed by atoms with Crippen LogP contribution in [0.2, 0.25) is 0 Å². The van der Waals surface area contributed by atoms with Gasteiger partial charge in [-0.1, -0.05) is 11.6 Å². The van der Waals surface area contributed by atoms with Crippen LogP contribution < -0.4 is 0 Å². The normalized spacial score (nSPS) is 10.5. The second-order valence-electron chi connectivity index (χ2n) is 4.68. The number of hydrogen-bond donors (Lipinski definition) is 1. The zero-order valence-electron chi connectivity index (χ0n) is 11.3. The molecular formula is C15H17NO3. The Morgan fingerprint density at radius 1 is 1.32 bits per heavy atom. The molecule has 0 bridgehead atoms. The largest absolute Gasteiger partial charge is 0.507 e. The molecule has 0 aliphatic heterocycles. The topological polar surface area (TPSA) is 53.7 Å². The van der Waals surface area contributed by atoms with Gasteiger partial charge < -0.3 is 14.4 Å². The zero-order valence-corrected chi connectivity index (χ0v) is 11.3. The van der Waals surface area contributed by atoms with Crippen molar-refractivity contribution >= 4 is 5.91 Å². The van der Waals surface area contributed by atoms with Crippen LogP contribution in [0, 0.1) is 13.8 Å². The highest BCUT2D eigenvalue weighted by molar-refractivity contribution is 5.96. The van der Waals surface area contributed by atoms with Gasteiger partial charge in [0.25, 0.3) is 5.91 Å².